The highest BCUT2D eigenvalue weighted by molar-refractivity contribution is 5.43. The van der Waals surface area contributed by atoms with E-state index in [0.29, 0.717) is 18.2 Å². The fourth-order valence-electron chi connectivity index (χ4n) is 1.94. The number of ether oxygens (including phenoxy) is 1. The quantitative estimate of drug-likeness (QED) is 0.893. The van der Waals surface area contributed by atoms with Crippen molar-refractivity contribution < 1.29 is 4.74 Å². The van der Waals surface area contributed by atoms with Crippen LogP contribution in [0.5, 0.6) is 6.01 Å². The summed E-state index contributed by atoms with van der Waals surface area (Å²) >= 11 is 0. The lowest BCUT2D eigenvalue weighted by Crippen LogP contribution is -2.23. The highest BCUT2D eigenvalue weighted by Gasteiger charge is 2.09. The van der Waals surface area contributed by atoms with Crippen LogP contribution >= 0.6 is 0 Å². The van der Waals surface area contributed by atoms with Gasteiger partial charge in [-0.05, 0) is 26.0 Å². The minimum atomic E-state index is -0.148. The molecule has 2 aromatic heterocycles. The van der Waals surface area contributed by atoms with Crippen molar-refractivity contribution in [2.45, 2.75) is 20.4 Å². The van der Waals surface area contributed by atoms with Gasteiger partial charge in [0.1, 0.15) is 0 Å². The molecule has 0 bridgehead atoms. The molecule has 1 N–H and O–H groups in total. The van der Waals surface area contributed by atoms with Crippen LogP contribution in [0.1, 0.15) is 18.3 Å². The average molecular weight is 274 g/mol. The highest BCUT2D eigenvalue weighted by Crippen LogP contribution is 2.11. The molecule has 0 aliphatic carbocycles. The van der Waals surface area contributed by atoms with Crippen LogP contribution in [-0.4, -0.2) is 28.2 Å². The van der Waals surface area contributed by atoms with E-state index in [1.54, 1.807) is 13.1 Å². The van der Waals surface area contributed by atoms with Gasteiger partial charge in [0.05, 0.1) is 19.3 Å². The molecule has 2 heterocycles. The van der Waals surface area contributed by atoms with Crippen molar-refractivity contribution in [1.29, 1.82) is 0 Å². The van der Waals surface area contributed by atoms with Crippen molar-refractivity contribution >= 4 is 5.69 Å². The number of pyridine rings is 1. The monoisotopic (exact) mass is 274 g/mol. The first-order chi connectivity index (χ1) is 9.63. The maximum Gasteiger partial charge on any atom is 0.299 e. The highest BCUT2D eigenvalue weighted by atomic mass is 16.5. The first-order valence-corrected chi connectivity index (χ1v) is 6.45. The first kappa shape index (κ1) is 14.0. The number of methoxy groups -OCH3 is 1. The summed E-state index contributed by atoms with van der Waals surface area (Å²) in [5, 5.41) is 3.21. The molecule has 2 aromatic rings. The SMILES string of the molecule is CCNc1ccnc(Cn2c(OC)nc(C)cc2=O)c1. The van der Waals surface area contributed by atoms with Crippen LogP contribution in [-0.2, 0) is 6.54 Å². The van der Waals surface area contributed by atoms with Gasteiger partial charge in [-0.15, -0.1) is 0 Å². The van der Waals surface area contributed by atoms with Crippen LogP contribution in [0.4, 0.5) is 5.69 Å². The van der Waals surface area contributed by atoms with E-state index in [2.05, 4.69) is 15.3 Å². The molecule has 0 atom stereocenters. The van der Waals surface area contributed by atoms with Crippen LogP contribution in [0.3, 0.4) is 0 Å². The summed E-state index contributed by atoms with van der Waals surface area (Å²) in [4.78, 5) is 20.5. The second-order valence-electron chi connectivity index (χ2n) is 4.37. The summed E-state index contributed by atoms with van der Waals surface area (Å²) in [5.74, 6) is 0. The number of hydrogen-bond donors (Lipinski definition) is 1. The largest absolute Gasteiger partial charge is 0.468 e. The summed E-state index contributed by atoms with van der Waals surface area (Å²) in [6, 6.07) is 5.58. The van der Waals surface area contributed by atoms with Crippen molar-refractivity contribution in [3.63, 3.8) is 0 Å². The Morgan fingerprint density at radius 3 is 2.90 bits per heavy atom. The molecule has 0 spiro atoms. The molecule has 0 aliphatic heterocycles. The second kappa shape index (κ2) is 6.18. The molecule has 106 valence electrons. The predicted molar refractivity (Wildman–Crippen MR) is 77.3 cm³/mol. The smallest absolute Gasteiger partial charge is 0.299 e. The van der Waals surface area contributed by atoms with Gasteiger partial charge in [0, 0.05) is 30.2 Å². The predicted octanol–water partition coefficient (Wildman–Crippen LogP) is 1.44. The lowest BCUT2D eigenvalue weighted by atomic mass is 10.3. The molecule has 6 nitrogen and oxygen atoms in total. The van der Waals surface area contributed by atoms with Gasteiger partial charge in [-0.25, -0.2) is 4.98 Å². The van der Waals surface area contributed by atoms with Crippen LogP contribution in [0, 0.1) is 6.92 Å². The molecule has 0 aromatic carbocycles. The Morgan fingerprint density at radius 1 is 1.40 bits per heavy atom. The third-order valence-corrected chi connectivity index (χ3v) is 2.80. The van der Waals surface area contributed by atoms with E-state index in [1.807, 2.05) is 19.1 Å². The van der Waals surface area contributed by atoms with Crippen molar-refractivity contribution in [2.75, 3.05) is 19.0 Å². The minimum absolute atomic E-state index is 0.148. The number of hydrogen-bond acceptors (Lipinski definition) is 5. The summed E-state index contributed by atoms with van der Waals surface area (Å²) in [6.45, 7) is 4.95. The van der Waals surface area contributed by atoms with Gasteiger partial charge < -0.3 is 10.1 Å². The number of nitrogens with one attached hydrogen (secondary N) is 1. The summed E-state index contributed by atoms with van der Waals surface area (Å²) in [7, 11) is 1.50. The summed E-state index contributed by atoms with van der Waals surface area (Å²) < 4.78 is 6.63. The molecular weight excluding hydrogens is 256 g/mol. The fraction of sp³-hybridized carbons (Fsp3) is 0.357. The molecule has 2 rings (SSSR count). The average Bonchev–Trinajstić information content (AvgIpc) is 2.42. The molecular formula is C14H18N4O2. The molecule has 0 saturated carbocycles. The maximum absolute atomic E-state index is 12.0. The van der Waals surface area contributed by atoms with Crippen molar-refractivity contribution in [2.24, 2.45) is 0 Å². The zero-order valence-electron chi connectivity index (χ0n) is 11.9. The number of nitrogens with zero attached hydrogens (tertiary/aromatic N) is 3. The van der Waals surface area contributed by atoms with Gasteiger partial charge in [0.15, 0.2) is 0 Å². The molecule has 0 radical (unpaired) electrons. The maximum atomic E-state index is 12.0. The van der Waals surface area contributed by atoms with Gasteiger partial charge in [0.2, 0.25) is 0 Å². The topological polar surface area (TPSA) is 69.0 Å². The third-order valence-electron chi connectivity index (χ3n) is 2.80. The molecule has 6 heteroatoms. The molecule has 0 saturated heterocycles. The Hall–Kier alpha value is -2.37. The van der Waals surface area contributed by atoms with Crippen molar-refractivity contribution in [3.05, 3.63) is 46.1 Å². The van der Waals surface area contributed by atoms with E-state index >= 15 is 0 Å². The van der Waals surface area contributed by atoms with E-state index in [1.165, 1.54) is 17.7 Å². The van der Waals surface area contributed by atoms with Gasteiger partial charge in [-0.1, -0.05) is 0 Å². The van der Waals surface area contributed by atoms with Crippen LogP contribution < -0.4 is 15.6 Å². The Morgan fingerprint density at radius 2 is 2.20 bits per heavy atom. The number of rotatable bonds is 5. The van der Waals surface area contributed by atoms with Gasteiger partial charge >= 0.3 is 0 Å². The normalized spacial score (nSPS) is 10.3. The van der Waals surface area contributed by atoms with Crippen molar-refractivity contribution in [3.8, 4) is 6.01 Å². The molecule has 0 aliphatic rings. The Kier molecular flexibility index (Phi) is 4.34. The number of aryl methyl sites for hydroxylation is 1. The van der Waals surface area contributed by atoms with Gasteiger partial charge in [-0.2, -0.15) is 0 Å². The molecule has 0 unspecified atom stereocenters. The summed E-state index contributed by atoms with van der Waals surface area (Å²) in [5.41, 5.74) is 2.24. The van der Waals surface area contributed by atoms with E-state index in [9.17, 15) is 4.79 Å². The lowest BCUT2D eigenvalue weighted by Gasteiger charge is -2.11. The molecule has 20 heavy (non-hydrogen) atoms. The lowest BCUT2D eigenvalue weighted by molar-refractivity contribution is 0.349. The van der Waals surface area contributed by atoms with Gasteiger partial charge in [-0.3, -0.25) is 14.3 Å². The Bertz CT molecular complexity index is 652. The second-order valence-corrected chi connectivity index (χ2v) is 4.37. The number of anilines is 1. The van der Waals surface area contributed by atoms with Crippen LogP contribution in [0.25, 0.3) is 0 Å². The van der Waals surface area contributed by atoms with Crippen LogP contribution in [0.15, 0.2) is 29.2 Å². The zero-order valence-corrected chi connectivity index (χ0v) is 11.9. The van der Waals surface area contributed by atoms with Gasteiger partial charge in [0.25, 0.3) is 11.6 Å². The molecule has 0 amide bonds. The molecule has 0 fully saturated rings. The van der Waals surface area contributed by atoms with E-state index in [-0.39, 0.29) is 5.56 Å². The standard InChI is InChI=1S/C14H18N4O2/c1-4-15-11-5-6-16-12(8-11)9-18-13(19)7-10(2)17-14(18)20-3/h5-8H,4,9H2,1-3H3,(H,15,16). The first-order valence-electron chi connectivity index (χ1n) is 6.45. The van der Waals surface area contributed by atoms with Crippen molar-refractivity contribution in [1.82, 2.24) is 14.5 Å². The van der Waals surface area contributed by atoms with E-state index < -0.39 is 0 Å². The Labute approximate surface area is 117 Å². The number of aromatic nitrogens is 3. The fourth-order valence-corrected chi connectivity index (χ4v) is 1.94. The Balaban J connectivity index is 2.34. The van der Waals surface area contributed by atoms with E-state index in [0.717, 1.165) is 17.9 Å². The van der Waals surface area contributed by atoms with Crippen LogP contribution in [0.2, 0.25) is 0 Å². The third kappa shape index (κ3) is 3.14. The summed E-state index contributed by atoms with van der Waals surface area (Å²) in [6.07, 6.45) is 1.71. The van der Waals surface area contributed by atoms with E-state index in [4.69, 9.17) is 4.74 Å². The zero-order chi connectivity index (χ0) is 14.5. The minimum Gasteiger partial charge on any atom is -0.468 e.